The van der Waals surface area contributed by atoms with Gasteiger partial charge in [0.25, 0.3) is 0 Å². The first-order valence-corrected chi connectivity index (χ1v) is 7.74. The Morgan fingerprint density at radius 1 is 1.24 bits per heavy atom. The molecule has 0 saturated heterocycles. The van der Waals surface area contributed by atoms with E-state index in [9.17, 15) is 4.79 Å². The van der Waals surface area contributed by atoms with E-state index in [1.54, 1.807) is 14.0 Å². The minimum absolute atomic E-state index is 0.0503. The first-order valence-electron chi connectivity index (χ1n) is 7.74. The van der Waals surface area contributed by atoms with Gasteiger partial charge in [0.2, 0.25) is 0 Å². The van der Waals surface area contributed by atoms with Crippen LogP contribution in [-0.2, 0) is 6.42 Å². The average Bonchev–Trinajstić information content (AvgIpc) is 2.96. The topological polar surface area (TPSA) is 110 Å². The lowest BCUT2D eigenvalue weighted by Gasteiger charge is -2.09. The van der Waals surface area contributed by atoms with Gasteiger partial charge in [-0.3, -0.25) is 0 Å². The number of methoxy groups -OCH3 is 1. The second kappa shape index (κ2) is 6.76. The minimum Gasteiger partial charge on any atom is -0.497 e. The van der Waals surface area contributed by atoms with Crippen molar-refractivity contribution in [3.63, 3.8) is 0 Å². The Morgan fingerprint density at radius 3 is 2.72 bits per heavy atom. The number of rotatable bonds is 6. The summed E-state index contributed by atoms with van der Waals surface area (Å²) in [4.78, 5) is 24.0. The van der Waals surface area contributed by atoms with Crippen LogP contribution >= 0.6 is 0 Å². The molecule has 130 valence electrons. The summed E-state index contributed by atoms with van der Waals surface area (Å²) in [5, 5.41) is 12.2. The Kier molecular flexibility index (Phi) is 4.51. The van der Waals surface area contributed by atoms with E-state index in [1.165, 1.54) is 0 Å². The van der Waals surface area contributed by atoms with Crippen LogP contribution in [0.4, 0.5) is 5.82 Å². The Morgan fingerprint density at radius 2 is 2.04 bits per heavy atom. The lowest BCUT2D eigenvalue weighted by Crippen LogP contribution is -2.09. The molecule has 3 aromatic rings. The highest BCUT2D eigenvalue weighted by Crippen LogP contribution is 2.21. The van der Waals surface area contributed by atoms with Crippen molar-refractivity contribution in [3.05, 3.63) is 41.2 Å². The molecule has 0 radical (unpaired) electrons. The van der Waals surface area contributed by atoms with E-state index in [2.05, 4.69) is 20.3 Å². The highest BCUT2D eigenvalue weighted by atomic mass is 16.5. The smallest absolute Gasteiger partial charge is 0.358 e. The summed E-state index contributed by atoms with van der Waals surface area (Å²) in [6.45, 7) is 3.95. The summed E-state index contributed by atoms with van der Waals surface area (Å²) in [5.74, 6) is 0.985. The van der Waals surface area contributed by atoms with E-state index in [0.29, 0.717) is 30.4 Å². The van der Waals surface area contributed by atoms with Crippen molar-refractivity contribution < 1.29 is 19.1 Å². The van der Waals surface area contributed by atoms with Crippen LogP contribution in [0.5, 0.6) is 5.75 Å². The molecule has 0 aliphatic carbocycles. The van der Waals surface area contributed by atoms with Crippen LogP contribution in [0.1, 0.15) is 27.8 Å². The molecule has 0 spiro atoms. The first-order chi connectivity index (χ1) is 12.0. The van der Waals surface area contributed by atoms with Crippen LogP contribution in [-0.4, -0.2) is 39.7 Å². The molecule has 0 aliphatic heterocycles. The van der Waals surface area contributed by atoms with Gasteiger partial charge in [0.15, 0.2) is 11.6 Å². The summed E-state index contributed by atoms with van der Waals surface area (Å²) < 4.78 is 10.6. The second-order valence-electron chi connectivity index (χ2n) is 5.51. The van der Waals surface area contributed by atoms with Crippen LogP contribution in [0.3, 0.4) is 0 Å². The number of benzene rings is 1. The zero-order valence-electron chi connectivity index (χ0n) is 14.2. The van der Waals surface area contributed by atoms with Crippen molar-refractivity contribution >= 4 is 22.8 Å². The molecule has 0 fully saturated rings. The van der Waals surface area contributed by atoms with E-state index in [1.807, 2.05) is 25.1 Å². The second-order valence-corrected chi connectivity index (χ2v) is 5.51. The quantitative estimate of drug-likeness (QED) is 0.703. The van der Waals surface area contributed by atoms with Gasteiger partial charge in [0.1, 0.15) is 17.3 Å². The van der Waals surface area contributed by atoms with Gasteiger partial charge in [-0.05, 0) is 26.0 Å². The SMILES string of the molecule is COc1ccc2nc(NCCc3nc(C(=O)O)c(C)o3)c(C)nc2c1. The van der Waals surface area contributed by atoms with Crippen molar-refractivity contribution in [1.82, 2.24) is 15.0 Å². The number of aromatic carboxylic acids is 1. The molecule has 0 atom stereocenters. The van der Waals surface area contributed by atoms with E-state index in [4.69, 9.17) is 14.3 Å². The highest BCUT2D eigenvalue weighted by molar-refractivity contribution is 5.86. The van der Waals surface area contributed by atoms with Crippen molar-refractivity contribution in [2.24, 2.45) is 0 Å². The number of anilines is 1. The average molecular weight is 342 g/mol. The van der Waals surface area contributed by atoms with E-state index in [-0.39, 0.29) is 5.69 Å². The van der Waals surface area contributed by atoms with E-state index >= 15 is 0 Å². The van der Waals surface area contributed by atoms with Gasteiger partial charge in [-0.2, -0.15) is 0 Å². The van der Waals surface area contributed by atoms with Crippen LogP contribution in [0.15, 0.2) is 22.6 Å². The number of nitrogens with zero attached hydrogens (tertiary/aromatic N) is 3. The predicted octanol–water partition coefficient (Wildman–Crippen LogP) is 2.60. The number of hydrogen-bond donors (Lipinski definition) is 2. The van der Waals surface area contributed by atoms with Crippen molar-refractivity contribution in [2.75, 3.05) is 19.0 Å². The van der Waals surface area contributed by atoms with Gasteiger partial charge >= 0.3 is 5.97 Å². The fourth-order valence-electron chi connectivity index (χ4n) is 2.46. The third-order valence-electron chi connectivity index (χ3n) is 3.72. The van der Waals surface area contributed by atoms with Crippen LogP contribution in [0, 0.1) is 13.8 Å². The van der Waals surface area contributed by atoms with E-state index < -0.39 is 5.97 Å². The maximum Gasteiger partial charge on any atom is 0.358 e. The molecule has 2 heterocycles. The predicted molar refractivity (Wildman–Crippen MR) is 91.2 cm³/mol. The Bertz CT molecular complexity index is 936. The van der Waals surface area contributed by atoms with Gasteiger partial charge in [-0.25, -0.2) is 19.7 Å². The number of oxazole rings is 1. The van der Waals surface area contributed by atoms with Gasteiger partial charge in [0.05, 0.1) is 23.8 Å². The number of hydrogen-bond acceptors (Lipinski definition) is 7. The molecule has 1 aromatic carbocycles. The zero-order valence-corrected chi connectivity index (χ0v) is 14.2. The monoisotopic (exact) mass is 342 g/mol. The fraction of sp³-hybridized carbons (Fsp3) is 0.294. The third-order valence-corrected chi connectivity index (χ3v) is 3.72. The standard InChI is InChI=1S/C17H18N4O4/c1-9-16(20-12-5-4-11(24-3)8-13(12)19-9)18-7-6-14-21-15(17(22)23)10(2)25-14/h4-5,8H,6-7H2,1-3H3,(H,18,20)(H,22,23). The summed E-state index contributed by atoms with van der Waals surface area (Å²) in [7, 11) is 1.61. The molecule has 3 rings (SSSR count). The maximum absolute atomic E-state index is 11.0. The summed E-state index contributed by atoms with van der Waals surface area (Å²) in [6, 6.07) is 5.52. The number of aryl methyl sites for hydroxylation is 2. The molecular formula is C17H18N4O4. The molecule has 0 amide bonds. The van der Waals surface area contributed by atoms with Gasteiger partial charge in [0, 0.05) is 19.0 Å². The molecule has 0 unspecified atom stereocenters. The van der Waals surface area contributed by atoms with Crippen molar-refractivity contribution in [2.45, 2.75) is 20.3 Å². The Hall–Kier alpha value is -3.16. The number of nitrogens with one attached hydrogen (secondary N) is 1. The lowest BCUT2D eigenvalue weighted by molar-refractivity contribution is 0.0689. The molecule has 2 N–H and O–H groups in total. The molecule has 8 nitrogen and oxygen atoms in total. The van der Waals surface area contributed by atoms with E-state index in [0.717, 1.165) is 22.5 Å². The minimum atomic E-state index is -1.09. The number of carboxylic acids is 1. The van der Waals surface area contributed by atoms with Crippen molar-refractivity contribution in [1.29, 1.82) is 0 Å². The molecule has 0 aliphatic rings. The largest absolute Gasteiger partial charge is 0.497 e. The van der Waals surface area contributed by atoms with Crippen LogP contribution in [0.25, 0.3) is 11.0 Å². The van der Waals surface area contributed by atoms with Crippen LogP contribution in [0.2, 0.25) is 0 Å². The summed E-state index contributed by atoms with van der Waals surface area (Å²) >= 11 is 0. The van der Waals surface area contributed by atoms with Crippen molar-refractivity contribution in [3.8, 4) is 5.75 Å². The third kappa shape index (κ3) is 3.52. The normalized spacial score (nSPS) is 10.8. The zero-order chi connectivity index (χ0) is 18.0. The molecular weight excluding hydrogens is 324 g/mol. The number of carboxylic acid groups (broad SMARTS) is 1. The molecule has 0 bridgehead atoms. The van der Waals surface area contributed by atoms with Crippen LogP contribution < -0.4 is 10.1 Å². The first kappa shape index (κ1) is 16.7. The Balaban J connectivity index is 1.71. The van der Waals surface area contributed by atoms with Gasteiger partial charge < -0.3 is 19.6 Å². The van der Waals surface area contributed by atoms with Gasteiger partial charge in [-0.1, -0.05) is 0 Å². The fourth-order valence-corrected chi connectivity index (χ4v) is 2.46. The maximum atomic E-state index is 11.0. The number of aromatic nitrogens is 3. The molecule has 25 heavy (non-hydrogen) atoms. The summed E-state index contributed by atoms with van der Waals surface area (Å²) in [6.07, 6.45) is 0.440. The lowest BCUT2D eigenvalue weighted by atomic mass is 10.2. The summed E-state index contributed by atoms with van der Waals surface area (Å²) in [5.41, 5.74) is 2.23. The Labute approximate surface area is 143 Å². The number of fused-ring (bicyclic) bond motifs is 1. The molecule has 8 heteroatoms. The number of ether oxygens (including phenoxy) is 1. The van der Waals surface area contributed by atoms with Gasteiger partial charge in [-0.15, -0.1) is 0 Å². The molecule has 2 aromatic heterocycles. The number of carbonyl (C=O) groups is 1. The molecule has 0 saturated carbocycles. The highest BCUT2D eigenvalue weighted by Gasteiger charge is 2.15.